The van der Waals surface area contributed by atoms with Crippen molar-refractivity contribution < 1.29 is 5.11 Å². The quantitative estimate of drug-likeness (QED) is 0.572. The molecule has 0 aliphatic heterocycles. The monoisotopic (exact) mass is 231 g/mol. The highest BCUT2D eigenvalue weighted by molar-refractivity contribution is 4.69. The van der Waals surface area contributed by atoms with Gasteiger partial charge in [-0.15, -0.1) is 0 Å². The van der Waals surface area contributed by atoms with Crippen molar-refractivity contribution >= 4 is 0 Å². The summed E-state index contributed by atoms with van der Waals surface area (Å²) in [5.41, 5.74) is 0. The highest BCUT2D eigenvalue weighted by Crippen LogP contribution is 2.23. The number of unbranched alkanes of at least 4 members (excludes halogenated alkanes) is 3. The first-order chi connectivity index (χ1) is 7.26. The average Bonchev–Trinajstić information content (AvgIpc) is 2.26. The lowest BCUT2D eigenvalue weighted by Crippen LogP contribution is -2.20. The van der Waals surface area contributed by atoms with Gasteiger partial charge in [0.2, 0.25) is 0 Å². The Morgan fingerprint density at radius 3 is 1.50 bits per heavy atom. The van der Waals surface area contributed by atoms with Gasteiger partial charge in [0.25, 0.3) is 0 Å². The maximum absolute atomic E-state index is 10.1. The third-order valence-electron chi connectivity index (χ3n) is 3.25. The second-order valence-corrected chi connectivity index (χ2v) is 4.75. The summed E-state index contributed by atoms with van der Waals surface area (Å²) in [6, 6.07) is 0. The number of aliphatic hydroxyl groups is 1. The fourth-order valence-electron chi connectivity index (χ4n) is 2.11. The minimum atomic E-state index is -0.0388. The molecule has 2 nitrogen and oxygen atoms in total. The molecule has 0 radical (unpaired) electrons. The van der Waals surface area contributed by atoms with Crippen LogP contribution in [0.2, 0.25) is 0 Å². The Kier molecular flexibility index (Phi) is 14.8. The molecule has 16 heavy (non-hydrogen) atoms. The van der Waals surface area contributed by atoms with Gasteiger partial charge in [0.15, 0.2) is 0 Å². The lowest BCUT2D eigenvalue weighted by atomic mass is 9.88. The maximum Gasteiger partial charge on any atom is 0.0568 e. The zero-order chi connectivity index (χ0) is 11.5. The van der Waals surface area contributed by atoms with Crippen LogP contribution >= 0.6 is 0 Å². The predicted molar refractivity (Wildman–Crippen MR) is 73.1 cm³/mol. The zero-order valence-electron chi connectivity index (χ0n) is 11.7. The van der Waals surface area contributed by atoms with Crippen LogP contribution in [0.15, 0.2) is 0 Å². The molecule has 2 heteroatoms. The van der Waals surface area contributed by atoms with E-state index in [4.69, 9.17) is 0 Å². The molecule has 0 aliphatic rings. The van der Waals surface area contributed by atoms with Gasteiger partial charge in [0.1, 0.15) is 0 Å². The van der Waals surface area contributed by atoms with E-state index in [1.165, 1.54) is 51.4 Å². The fourth-order valence-corrected chi connectivity index (χ4v) is 2.11. The van der Waals surface area contributed by atoms with Crippen LogP contribution in [0.3, 0.4) is 0 Å². The average molecular weight is 231 g/mol. The molecule has 0 bridgehead atoms. The molecule has 1 unspecified atom stereocenters. The molecule has 0 amide bonds. The molecule has 0 spiro atoms. The highest BCUT2D eigenvalue weighted by Gasteiger charge is 2.17. The molecule has 0 rings (SSSR count). The Bertz CT molecular complexity index is 120. The smallest absolute Gasteiger partial charge is 0.0568 e. The lowest BCUT2D eigenvalue weighted by Gasteiger charge is -2.22. The summed E-state index contributed by atoms with van der Waals surface area (Å²) in [7, 11) is 0. The molecule has 0 aromatic rings. The van der Waals surface area contributed by atoms with Crippen LogP contribution in [0.5, 0.6) is 0 Å². The molecular formula is C14H33NO. The Labute approximate surface area is 102 Å². The van der Waals surface area contributed by atoms with Crippen molar-refractivity contribution in [2.45, 2.75) is 84.7 Å². The summed E-state index contributed by atoms with van der Waals surface area (Å²) >= 11 is 0. The van der Waals surface area contributed by atoms with Gasteiger partial charge in [0.05, 0.1) is 6.10 Å². The molecule has 0 saturated heterocycles. The Morgan fingerprint density at radius 2 is 1.12 bits per heavy atom. The van der Waals surface area contributed by atoms with Gasteiger partial charge >= 0.3 is 0 Å². The summed E-state index contributed by atoms with van der Waals surface area (Å²) < 4.78 is 0. The third kappa shape index (κ3) is 9.17. The number of aliphatic hydroxyl groups excluding tert-OH is 1. The second kappa shape index (κ2) is 13.0. The molecule has 0 aromatic carbocycles. The standard InChI is InChI=1S/C14H30O.H3N/c1-4-7-10-13(11-8-5-2)14(15)12-9-6-3;/h13-15H,4-12H2,1-3H3;1H3. The summed E-state index contributed by atoms with van der Waals surface area (Å²) in [4.78, 5) is 0. The van der Waals surface area contributed by atoms with E-state index >= 15 is 0 Å². The number of hydrogen-bond acceptors (Lipinski definition) is 2. The first-order valence-corrected chi connectivity index (χ1v) is 6.94. The van der Waals surface area contributed by atoms with Gasteiger partial charge in [-0.05, 0) is 25.2 Å². The van der Waals surface area contributed by atoms with E-state index in [1.54, 1.807) is 0 Å². The van der Waals surface area contributed by atoms with Crippen LogP contribution in [-0.4, -0.2) is 11.2 Å². The molecule has 100 valence electrons. The first-order valence-electron chi connectivity index (χ1n) is 6.94. The van der Waals surface area contributed by atoms with E-state index in [-0.39, 0.29) is 12.3 Å². The number of hydrogen-bond donors (Lipinski definition) is 2. The SMILES string of the molecule is CCCCC(O)C(CCCC)CCCC.N. The van der Waals surface area contributed by atoms with E-state index in [9.17, 15) is 5.11 Å². The van der Waals surface area contributed by atoms with Crippen molar-refractivity contribution in [2.75, 3.05) is 0 Å². The van der Waals surface area contributed by atoms with Gasteiger partial charge in [0, 0.05) is 0 Å². The maximum atomic E-state index is 10.1. The topological polar surface area (TPSA) is 55.2 Å². The van der Waals surface area contributed by atoms with Crippen LogP contribution in [0.25, 0.3) is 0 Å². The molecule has 0 fully saturated rings. The van der Waals surface area contributed by atoms with Crippen LogP contribution in [0.1, 0.15) is 78.6 Å². The van der Waals surface area contributed by atoms with Gasteiger partial charge < -0.3 is 11.3 Å². The van der Waals surface area contributed by atoms with E-state index in [0.717, 1.165) is 6.42 Å². The van der Waals surface area contributed by atoms with Crippen molar-refractivity contribution in [3.63, 3.8) is 0 Å². The van der Waals surface area contributed by atoms with Crippen molar-refractivity contribution in [3.8, 4) is 0 Å². The highest BCUT2D eigenvalue weighted by atomic mass is 16.3. The van der Waals surface area contributed by atoms with Crippen molar-refractivity contribution in [1.29, 1.82) is 0 Å². The molecular weight excluding hydrogens is 198 g/mol. The van der Waals surface area contributed by atoms with E-state index in [1.807, 2.05) is 0 Å². The Morgan fingerprint density at radius 1 is 0.750 bits per heavy atom. The second-order valence-electron chi connectivity index (χ2n) is 4.75. The first kappa shape index (κ1) is 18.3. The van der Waals surface area contributed by atoms with E-state index in [2.05, 4.69) is 20.8 Å². The van der Waals surface area contributed by atoms with Gasteiger partial charge in [-0.3, -0.25) is 0 Å². The Hall–Kier alpha value is -0.0800. The summed E-state index contributed by atoms with van der Waals surface area (Å²) in [6.45, 7) is 6.66. The van der Waals surface area contributed by atoms with Crippen molar-refractivity contribution in [2.24, 2.45) is 5.92 Å². The predicted octanol–water partition coefficient (Wildman–Crippen LogP) is 4.70. The van der Waals surface area contributed by atoms with Crippen LogP contribution in [0, 0.1) is 5.92 Å². The van der Waals surface area contributed by atoms with Crippen LogP contribution < -0.4 is 6.15 Å². The third-order valence-corrected chi connectivity index (χ3v) is 3.25. The zero-order valence-corrected chi connectivity index (χ0v) is 11.7. The summed E-state index contributed by atoms with van der Waals surface area (Å²) in [5.74, 6) is 0.566. The van der Waals surface area contributed by atoms with Crippen LogP contribution in [0.4, 0.5) is 0 Å². The normalized spacial score (nSPS) is 12.6. The minimum Gasteiger partial charge on any atom is -0.393 e. The minimum absolute atomic E-state index is 0. The summed E-state index contributed by atoms with van der Waals surface area (Å²) in [5, 5.41) is 10.1. The largest absolute Gasteiger partial charge is 0.393 e. The fraction of sp³-hybridized carbons (Fsp3) is 1.00. The molecule has 0 saturated carbocycles. The molecule has 1 atom stereocenters. The Balaban J connectivity index is 0. The molecule has 4 N–H and O–H groups in total. The van der Waals surface area contributed by atoms with E-state index in [0.29, 0.717) is 5.92 Å². The van der Waals surface area contributed by atoms with Crippen molar-refractivity contribution in [3.05, 3.63) is 0 Å². The van der Waals surface area contributed by atoms with Gasteiger partial charge in [-0.1, -0.05) is 59.3 Å². The molecule has 0 aromatic heterocycles. The molecule has 0 aliphatic carbocycles. The molecule has 0 heterocycles. The lowest BCUT2D eigenvalue weighted by molar-refractivity contribution is 0.0841. The summed E-state index contributed by atoms with van der Waals surface area (Å²) in [6.07, 6.45) is 10.9. The van der Waals surface area contributed by atoms with Crippen LogP contribution in [-0.2, 0) is 0 Å². The number of rotatable bonds is 10. The van der Waals surface area contributed by atoms with E-state index < -0.39 is 0 Å². The van der Waals surface area contributed by atoms with Gasteiger partial charge in [-0.2, -0.15) is 0 Å². The van der Waals surface area contributed by atoms with Gasteiger partial charge in [-0.25, -0.2) is 0 Å². The van der Waals surface area contributed by atoms with Crippen molar-refractivity contribution in [1.82, 2.24) is 6.15 Å².